The van der Waals surface area contributed by atoms with Gasteiger partial charge in [-0.25, -0.2) is 17.6 Å². The predicted molar refractivity (Wildman–Crippen MR) is 99.0 cm³/mol. The van der Waals surface area contributed by atoms with Crippen LogP contribution in [0.4, 0.5) is 14.9 Å². The summed E-state index contributed by atoms with van der Waals surface area (Å²) in [5.41, 5.74) is 1.27. The normalized spacial score (nSPS) is 11.2. The van der Waals surface area contributed by atoms with Gasteiger partial charge >= 0.3 is 6.03 Å². The minimum absolute atomic E-state index is 0.0664. The van der Waals surface area contributed by atoms with Crippen molar-refractivity contribution in [2.45, 2.75) is 31.2 Å². The third kappa shape index (κ3) is 5.73. The molecule has 0 heterocycles. The van der Waals surface area contributed by atoms with Crippen molar-refractivity contribution in [3.8, 4) is 0 Å². The molecule has 8 heteroatoms. The summed E-state index contributed by atoms with van der Waals surface area (Å²) in [7, 11) is -3.99. The summed E-state index contributed by atoms with van der Waals surface area (Å²) in [6, 6.07) is 11.7. The van der Waals surface area contributed by atoms with Gasteiger partial charge in [0.1, 0.15) is 10.7 Å². The van der Waals surface area contributed by atoms with E-state index in [1.54, 1.807) is 24.3 Å². The van der Waals surface area contributed by atoms with Gasteiger partial charge in [-0.2, -0.15) is 0 Å². The third-order valence-corrected chi connectivity index (χ3v) is 4.87. The SMILES string of the molecule is CC(C)NC(=O)NCCc1ccc(NS(=O)(=O)c2ccccc2F)cc1. The summed E-state index contributed by atoms with van der Waals surface area (Å²) in [6.07, 6.45) is 0.603. The molecule has 2 aromatic rings. The van der Waals surface area contributed by atoms with Crippen molar-refractivity contribution in [3.05, 3.63) is 59.9 Å². The number of benzene rings is 2. The molecule has 0 saturated carbocycles. The predicted octanol–water partition coefficient (Wildman–Crippen LogP) is 2.88. The molecule has 0 spiro atoms. The van der Waals surface area contributed by atoms with Crippen LogP contribution in [0.5, 0.6) is 0 Å². The van der Waals surface area contributed by atoms with E-state index in [1.165, 1.54) is 18.2 Å². The van der Waals surface area contributed by atoms with Gasteiger partial charge in [0, 0.05) is 18.3 Å². The minimum Gasteiger partial charge on any atom is -0.338 e. The first-order chi connectivity index (χ1) is 12.3. The molecule has 0 aliphatic rings. The molecule has 3 N–H and O–H groups in total. The Morgan fingerprint density at radius 2 is 1.73 bits per heavy atom. The van der Waals surface area contributed by atoms with Gasteiger partial charge in [0.2, 0.25) is 0 Å². The second-order valence-electron chi connectivity index (χ2n) is 6.04. The number of carbonyl (C=O) groups excluding carboxylic acids is 1. The molecule has 0 atom stereocenters. The number of hydrogen-bond donors (Lipinski definition) is 3. The van der Waals surface area contributed by atoms with Crippen molar-refractivity contribution >= 4 is 21.7 Å². The van der Waals surface area contributed by atoms with Gasteiger partial charge in [0.15, 0.2) is 0 Å². The van der Waals surface area contributed by atoms with Crippen LogP contribution < -0.4 is 15.4 Å². The maximum Gasteiger partial charge on any atom is 0.314 e. The monoisotopic (exact) mass is 379 g/mol. The summed E-state index contributed by atoms with van der Waals surface area (Å²) in [5.74, 6) is -0.803. The highest BCUT2D eigenvalue weighted by molar-refractivity contribution is 7.92. The van der Waals surface area contributed by atoms with E-state index in [1.807, 2.05) is 13.8 Å². The highest BCUT2D eigenvalue weighted by Crippen LogP contribution is 2.19. The molecule has 2 rings (SSSR count). The molecular weight excluding hydrogens is 357 g/mol. The van der Waals surface area contributed by atoms with Crippen LogP contribution in [0, 0.1) is 5.82 Å². The van der Waals surface area contributed by atoms with E-state index in [2.05, 4.69) is 15.4 Å². The molecule has 0 radical (unpaired) electrons. The molecule has 0 aliphatic carbocycles. The Morgan fingerprint density at radius 3 is 2.35 bits per heavy atom. The summed E-state index contributed by atoms with van der Waals surface area (Å²) in [6.45, 7) is 4.21. The number of nitrogens with one attached hydrogen (secondary N) is 3. The van der Waals surface area contributed by atoms with Crippen molar-refractivity contribution in [3.63, 3.8) is 0 Å². The molecule has 0 saturated heterocycles. The van der Waals surface area contributed by atoms with Gasteiger partial charge in [-0.05, 0) is 50.1 Å². The Labute approximate surface area is 152 Å². The standard InChI is InChI=1S/C18H22FN3O3S/c1-13(2)21-18(23)20-12-11-14-7-9-15(10-8-14)22-26(24,25)17-6-4-3-5-16(17)19/h3-10,13,22H,11-12H2,1-2H3,(H2,20,21,23). The van der Waals surface area contributed by atoms with Gasteiger partial charge in [-0.1, -0.05) is 24.3 Å². The van der Waals surface area contributed by atoms with Crippen LogP contribution in [0.3, 0.4) is 0 Å². The van der Waals surface area contributed by atoms with Crippen LogP contribution >= 0.6 is 0 Å². The lowest BCUT2D eigenvalue weighted by molar-refractivity contribution is 0.238. The second kappa shape index (κ2) is 8.66. The molecule has 0 aromatic heterocycles. The van der Waals surface area contributed by atoms with Crippen molar-refractivity contribution in [2.24, 2.45) is 0 Å². The molecular formula is C18H22FN3O3S. The van der Waals surface area contributed by atoms with Crippen LogP contribution in [-0.4, -0.2) is 27.0 Å². The molecule has 0 fully saturated rings. The number of sulfonamides is 1. The Bertz CT molecular complexity index is 852. The smallest absolute Gasteiger partial charge is 0.314 e. The van der Waals surface area contributed by atoms with Crippen LogP contribution in [0.1, 0.15) is 19.4 Å². The average Bonchev–Trinajstić information content (AvgIpc) is 2.55. The van der Waals surface area contributed by atoms with Crippen LogP contribution in [0.25, 0.3) is 0 Å². The summed E-state index contributed by atoms with van der Waals surface area (Å²) < 4.78 is 40.5. The molecule has 0 aliphatic heterocycles. The van der Waals surface area contributed by atoms with Gasteiger partial charge in [0.25, 0.3) is 10.0 Å². The van der Waals surface area contributed by atoms with Crippen molar-refractivity contribution in [1.82, 2.24) is 10.6 Å². The van der Waals surface area contributed by atoms with Gasteiger partial charge in [-0.15, -0.1) is 0 Å². The lowest BCUT2D eigenvalue weighted by atomic mass is 10.1. The van der Waals surface area contributed by atoms with Crippen LogP contribution in [0.15, 0.2) is 53.4 Å². The van der Waals surface area contributed by atoms with Crippen molar-refractivity contribution in [2.75, 3.05) is 11.3 Å². The van der Waals surface area contributed by atoms with Crippen molar-refractivity contribution in [1.29, 1.82) is 0 Å². The molecule has 0 unspecified atom stereocenters. The van der Waals surface area contributed by atoms with E-state index in [4.69, 9.17) is 0 Å². The quantitative estimate of drug-likeness (QED) is 0.691. The fraction of sp³-hybridized carbons (Fsp3) is 0.278. The number of rotatable bonds is 7. The topological polar surface area (TPSA) is 87.3 Å². The van der Waals surface area contributed by atoms with E-state index in [9.17, 15) is 17.6 Å². The lowest BCUT2D eigenvalue weighted by Gasteiger charge is -2.11. The summed E-state index contributed by atoms with van der Waals surface area (Å²) in [5, 5.41) is 5.47. The highest BCUT2D eigenvalue weighted by Gasteiger charge is 2.18. The summed E-state index contributed by atoms with van der Waals surface area (Å²) in [4.78, 5) is 11.1. The molecule has 6 nitrogen and oxygen atoms in total. The number of anilines is 1. The van der Waals surface area contributed by atoms with Gasteiger partial charge < -0.3 is 10.6 Å². The molecule has 140 valence electrons. The maximum atomic E-state index is 13.7. The van der Waals surface area contributed by atoms with Gasteiger partial charge in [-0.3, -0.25) is 4.72 Å². The van der Waals surface area contributed by atoms with Gasteiger partial charge in [0.05, 0.1) is 0 Å². The average molecular weight is 379 g/mol. The molecule has 0 bridgehead atoms. The zero-order valence-electron chi connectivity index (χ0n) is 14.6. The first kappa shape index (κ1) is 19.7. The Balaban J connectivity index is 1.93. The van der Waals surface area contributed by atoms with Crippen LogP contribution in [-0.2, 0) is 16.4 Å². The number of hydrogen-bond acceptors (Lipinski definition) is 3. The van der Waals surface area contributed by atoms with Crippen LogP contribution in [0.2, 0.25) is 0 Å². The molecule has 2 aromatic carbocycles. The number of carbonyl (C=O) groups is 1. The molecule has 26 heavy (non-hydrogen) atoms. The van der Waals surface area contributed by atoms with E-state index < -0.39 is 20.7 Å². The molecule has 2 amide bonds. The zero-order chi connectivity index (χ0) is 19.2. The van der Waals surface area contributed by atoms with E-state index in [0.29, 0.717) is 18.7 Å². The number of amides is 2. The second-order valence-corrected chi connectivity index (χ2v) is 7.69. The van der Waals surface area contributed by atoms with Crippen molar-refractivity contribution < 1.29 is 17.6 Å². The van der Waals surface area contributed by atoms with E-state index in [0.717, 1.165) is 11.6 Å². The Morgan fingerprint density at radius 1 is 1.08 bits per heavy atom. The highest BCUT2D eigenvalue weighted by atomic mass is 32.2. The van der Waals surface area contributed by atoms with E-state index >= 15 is 0 Å². The Hall–Kier alpha value is -2.61. The van der Waals surface area contributed by atoms with E-state index in [-0.39, 0.29) is 12.1 Å². The summed E-state index contributed by atoms with van der Waals surface area (Å²) >= 11 is 0. The third-order valence-electron chi connectivity index (χ3n) is 3.45. The number of halogens is 1. The zero-order valence-corrected chi connectivity index (χ0v) is 15.4. The minimum atomic E-state index is -3.99. The fourth-order valence-corrected chi connectivity index (χ4v) is 3.38. The first-order valence-electron chi connectivity index (χ1n) is 8.18. The number of urea groups is 1. The largest absolute Gasteiger partial charge is 0.338 e. The first-order valence-corrected chi connectivity index (χ1v) is 9.67. The maximum absolute atomic E-state index is 13.7. The fourth-order valence-electron chi connectivity index (χ4n) is 2.25. The Kier molecular flexibility index (Phi) is 6.57. The lowest BCUT2D eigenvalue weighted by Crippen LogP contribution is -2.40.